The van der Waals surface area contributed by atoms with Crippen molar-refractivity contribution in [2.24, 2.45) is 0 Å². The average molecular weight is 142 g/mol. The summed E-state index contributed by atoms with van der Waals surface area (Å²) in [6.07, 6.45) is 5.22. The van der Waals surface area contributed by atoms with Crippen LogP contribution in [0.25, 0.3) is 0 Å². The third kappa shape index (κ3) is 4.90. The second-order valence-electron chi connectivity index (χ2n) is 1.48. The summed E-state index contributed by atoms with van der Waals surface area (Å²) >= 11 is 0. The van der Waals surface area contributed by atoms with Crippen molar-refractivity contribution in [3.8, 4) is 0 Å². The Kier molecular flexibility index (Phi) is 5.14. The zero-order valence-electron chi connectivity index (χ0n) is 6.03. The summed E-state index contributed by atoms with van der Waals surface area (Å²) in [5.41, 5.74) is 0. The van der Waals surface area contributed by atoms with Crippen LogP contribution in [0.1, 0.15) is 0 Å². The van der Waals surface area contributed by atoms with Crippen LogP contribution in [-0.2, 0) is 14.3 Å². The maximum absolute atomic E-state index is 10.6. The largest absolute Gasteiger partial charge is 0.504 e. The molecule has 0 aromatic carbocycles. The summed E-state index contributed by atoms with van der Waals surface area (Å²) in [6.45, 7) is 0. The zero-order chi connectivity index (χ0) is 7.82. The smallest absolute Gasteiger partial charge is 0.184 e. The van der Waals surface area contributed by atoms with Crippen molar-refractivity contribution in [2.75, 3.05) is 14.2 Å². The van der Waals surface area contributed by atoms with Gasteiger partial charge >= 0.3 is 0 Å². The Balaban J connectivity index is 3.63. The summed E-state index contributed by atoms with van der Waals surface area (Å²) in [7, 11) is 2.95. The van der Waals surface area contributed by atoms with Gasteiger partial charge in [0.1, 0.15) is 0 Å². The Morgan fingerprint density at radius 1 is 1.10 bits per heavy atom. The Morgan fingerprint density at radius 2 is 1.50 bits per heavy atom. The first-order valence-electron chi connectivity index (χ1n) is 2.74. The summed E-state index contributed by atoms with van der Waals surface area (Å²) in [6, 6.07) is 0. The number of carbonyl (C=O) groups is 1. The Morgan fingerprint density at radius 3 is 1.80 bits per heavy atom. The zero-order valence-corrected chi connectivity index (χ0v) is 6.03. The van der Waals surface area contributed by atoms with Crippen molar-refractivity contribution in [3.63, 3.8) is 0 Å². The number of rotatable bonds is 4. The first kappa shape index (κ1) is 8.75. The fraction of sp³-hybridized carbons (Fsp3) is 0.286. The van der Waals surface area contributed by atoms with E-state index >= 15 is 0 Å². The fourth-order valence-electron chi connectivity index (χ4n) is 0.326. The Hall–Kier alpha value is -1.25. The lowest BCUT2D eigenvalue weighted by molar-refractivity contribution is -0.110. The molecule has 0 amide bonds. The number of hydrogen-bond acceptors (Lipinski definition) is 3. The van der Waals surface area contributed by atoms with E-state index in [2.05, 4.69) is 9.47 Å². The summed E-state index contributed by atoms with van der Waals surface area (Å²) in [5.74, 6) is -0.163. The monoisotopic (exact) mass is 142 g/mol. The molecule has 0 heterocycles. The lowest BCUT2D eigenvalue weighted by Crippen LogP contribution is -1.85. The predicted octanol–water partition coefficient (Wildman–Crippen LogP) is 0.876. The summed E-state index contributed by atoms with van der Waals surface area (Å²) < 4.78 is 9.03. The van der Waals surface area contributed by atoms with Gasteiger partial charge in [-0.15, -0.1) is 0 Å². The van der Waals surface area contributed by atoms with Gasteiger partial charge in [0.05, 0.1) is 26.7 Å². The maximum atomic E-state index is 10.6. The SMILES string of the molecule is CO/C=C/C(=O)/C=C/OC. The van der Waals surface area contributed by atoms with Crippen LogP contribution < -0.4 is 0 Å². The minimum absolute atomic E-state index is 0.163. The van der Waals surface area contributed by atoms with E-state index in [1.807, 2.05) is 0 Å². The van der Waals surface area contributed by atoms with Gasteiger partial charge in [-0.2, -0.15) is 0 Å². The number of ketones is 1. The molecule has 0 saturated carbocycles. The number of hydrogen-bond donors (Lipinski definition) is 0. The number of ether oxygens (including phenoxy) is 2. The van der Waals surface area contributed by atoms with Gasteiger partial charge in [0.25, 0.3) is 0 Å². The predicted molar refractivity (Wildman–Crippen MR) is 37.3 cm³/mol. The molecule has 0 spiro atoms. The van der Waals surface area contributed by atoms with Gasteiger partial charge in [-0.1, -0.05) is 0 Å². The highest BCUT2D eigenvalue weighted by molar-refractivity contribution is 5.98. The molecule has 56 valence electrons. The van der Waals surface area contributed by atoms with Crippen molar-refractivity contribution >= 4 is 5.78 Å². The van der Waals surface area contributed by atoms with Gasteiger partial charge in [0, 0.05) is 12.2 Å². The summed E-state index contributed by atoms with van der Waals surface area (Å²) in [4.78, 5) is 10.6. The third-order valence-corrected chi connectivity index (χ3v) is 0.737. The minimum atomic E-state index is -0.163. The van der Waals surface area contributed by atoms with Crippen molar-refractivity contribution < 1.29 is 14.3 Å². The van der Waals surface area contributed by atoms with Crippen molar-refractivity contribution in [1.29, 1.82) is 0 Å². The molecule has 0 aliphatic rings. The lowest BCUT2D eigenvalue weighted by Gasteiger charge is -1.85. The molecule has 0 aromatic rings. The highest BCUT2D eigenvalue weighted by Gasteiger charge is 1.85. The van der Waals surface area contributed by atoms with Gasteiger partial charge in [-0.25, -0.2) is 0 Å². The molecule has 0 bridgehead atoms. The number of carbonyl (C=O) groups excluding carboxylic acids is 1. The van der Waals surface area contributed by atoms with E-state index in [1.54, 1.807) is 0 Å². The maximum Gasteiger partial charge on any atom is 0.184 e. The van der Waals surface area contributed by atoms with Crippen LogP contribution in [0.4, 0.5) is 0 Å². The van der Waals surface area contributed by atoms with Gasteiger partial charge in [0.15, 0.2) is 5.78 Å². The topological polar surface area (TPSA) is 35.5 Å². The molecule has 0 radical (unpaired) electrons. The molecule has 10 heavy (non-hydrogen) atoms. The van der Waals surface area contributed by atoms with E-state index in [9.17, 15) is 4.79 Å². The van der Waals surface area contributed by atoms with Gasteiger partial charge in [-0.3, -0.25) is 4.79 Å². The van der Waals surface area contributed by atoms with Crippen molar-refractivity contribution in [3.05, 3.63) is 24.7 Å². The molecule has 0 fully saturated rings. The standard InChI is InChI=1S/C7H10O3/c1-9-5-3-7(8)4-6-10-2/h3-6H,1-2H3/b5-3+,6-4+. The second-order valence-corrected chi connectivity index (χ2v) is 1.48. The molecular weight excluding hydrogens is 132 g/mol. The Bertz CT molecular complexity index is 131. The third-order valence-electron chi connectivity index (χ3n) is 0.737. The van der Waals surface area contributed by atoms with Crippen LogP contribution in [0, 0.1) is 0 Å². The summed E-state index contributed by atoms with van der Waals surface area (Å²) in [5, 5.41) is 0. The van der Waals surface area contributed by atoms with E-state index < -0.39 is 0 Å². The second kappa shape index (κ2) is 5.88. The fourth-order valence-corrected chi connectivity index (χ4v) is 0.326. The highest BCUT2D eigenvalue weighted by atomic mass is 16.5. The molecule has 3 nitrogen and oxygen atoms in total. The quantitative estimate of drug-likeness (QED) is 0.431. The molecule has 0 aliphatic heterocycles. The lowest BCUT2D eigenvalue weighted by atomic mass is 10.4. The molecule has 0 unspecified atom stereocenters. The molecular formula is C7H10O3. The van der Waals surface area contributed by atoms with Gasteiger partial charge < -0.3 is 9.47 Å². The average Bonchev–Trinajstić information content (AvgIpc) is 1.97. The van der Waals surface area contributed by atoms with Crippen LogP contribution in [0.5, 0.6) is 0 Å². The molecule has 0 atom stereocenters. The van der Waals surface area contributed by atoms with E-state index in [4.69, 9.17) is 0 Å². The van der Waals surface area contributed by atoms with Gasteiger partial charge in [-0.05, 0) is 0 Å². The van der Waals surface area contributed by atoms with Crippen LogP contribution in [-0.4, -0.2) is 20.0 Å². The molecule has 0 rings (SSSR count). The van der Waals surface area contributed by atoms with E-state index in [0.29, 0.717) is 0 Å². The normalized spacial score (nSPS) is 10.6. The van der Waals surface area contributed by atoms with Crippen molar-refractivity contribution in [1.82, 2.24) is 0 Å². The van der Waals surface area contributed by atoms with Crippen LogP contribution in [0.3, 0.4) is 0 Å². The van der Waals surface area contributed by atoms with Crippen LogP contribution in [0.15, 0.2) is 24.7 Å². The highest BCUT2D eigenvalue weighted by Crippen LogP contribution is 1.81. The molecule has 0 saturated heterocycles. The first-order valence-corrected chi connectivity index (χ1v) is 2.74. The van der Waals surface area contributed by atoms with E-state index in [-0.39, 0.29) is 5.78 Å². The van der Waals surface area contributed by atoms with Crippen LogP contribution >= 0.6 is 0 Å². The number of allylic oxidation sites excluding steroid dienone is 2. The van der Waals surface area contributed by atoms with Gasteiger partial charge in [0.2, 0.25) is 0 Å². The molecule has 0 aromatic heterocycles. The molecule has 0 aliphatic carbocycles. The van der Waals surface area contributed by atoms with Crippen LogP contribution in [0.2, 0.25) is 0 Å². The molecule has 0 N–H and O–H groups in total. The first-order chi connectivity index (χ1) is 4.81. The Labute approximate surface area is 59.9 Å². The molecule has 3 heteroatoms. The minimum Gasteiger partial charge on any atom is -0.504 e. The van der Waals surface area contributed by atoms with Crippen molar-refractivity contribution in [2.45, 2.75) is 0 Å². The van der Waals surface area contributed by atoms with E-state index in [0.717, 1.165) is 0 Å². The van der Waals surface area contributed by atoms with E-state index in [1.165, 1.54) is 38.9 Å². The number of methoxy groups -OCH3 is 2.